The molecule has 8 heteroatoms. The standard InChI is InChI=1S/C14H7BrF3N3O/c15-8-1-3-9(4-2-8)19-14-21-20-13(22-14)7-5-10(16)12(18)11(17)6-7/h1-6H,(H,19,21). The monoisotopic (exact) mass is 369 g/mol. The quantitative estimate of drug-likeness (QED) is 0.682. The van der Waals surface area contributed by atoms with Gasteiger partial charge in [0.2, 0.25) is 5.89 Å². The highest BCUT2D eigenvalue weighted by Gasteiger charge is 2.15. The lowest BCUT2D eigenvalue weighted by molar-refractivity contribution is 0.447. The van der Waals surface area contributed by atoms with Gasteiger partial charge >= 0.3 is 6.01 Å². The highest BCUT2D eigenvalue weighted by molar-refractivity contribution is 9.10. The maximum absolute atomic E-state index is 13.2. The summed E-state index contributed by atoms with van der Waals surface area (Å²) >= 11 is 3.30. The molecule has 0 spiro atoms. The van der Waals surface area contributed by atoms with E-state index in [2.05, 4.69) is 31.4 Å². The van der Waals surface area contributed by atoms with E-state index in [1.165, 1.54) is 0 Å². The van der Waals surface area contributed by atoms with Crippen LogP contribution in [-0.2, 0) is 0 Å². The fourth-order valence-electron chi connectivity index (χ4n) is 1.73. The molecule has 0 aliphatic heterocycles. The van der Waals surface area contributed by atoms with Crippen molar-refractivity contribution in [3.8, 4) is 11.5 Å². The minimum Gasteiger partial charge on any atom is -0.403 e. The Balaban J connectivity index is 1.86. The van der Waals surface area contributed by atoms with Gasteiger partial charge in [-0.15, -0.1) is 5.10 Å². The van der Waals surface area contributed by atoms with Crippen LogP contribution in [0.2, 0.25) is 0 Å². The molecule has 0 bridgehead atoms. The van der Waals surface area contributed by atoms with Crippen LogP contribution in [-0.4, -0.2) is 10.2 Å². The van der Waals surface area contributed by atoms with Crippen LogP contribution in [0, 0.1) is 17.5 Å². The van der Waals surface area contributed by atoms with Crippen molar-refractivity contribution in [3.05, 3.63) is 58.3 Å². The van der Waals surface area contributed by atoms with Gasteiger partial charge in [-0.25, -0.2) is 13.2 Å². The van der Waals surface area contributed by atoms with Crippen molar-refractivity contribution in [1.29, 1.82) is 0 Å². The molecule has 0 aliphatic rings. The zero-order valence-electron chi connectivity index (χ0n) is 10.8. The maximum Gasteiger partial charge on any atom is 0.320 e. The van der Waals surface area contributed by atoms with E-state index in [4.69, 9.17) is 4.42 Å². The molecule has 112 valence electrons. The van der Waals surface area contributed by atoms with Gasteiger partial charge in [0.1, 0.15) is 0 Å². The molecule has 1 aromatic heterocycles. The summed E-state index contributed by atoms with van der Waals surface area (Å²) in [5.74, 6) is -4.32. The number of nitrogens with zero attached hydrogens (tertiary/aromatic N) is 2. The second-order valence-corrected chi connectivity index (χ2v) is 5.21. The Morgan fingerprint density at radius 2 is 1.59 bits per heavy atom. The van der Waals surface area contributed by atoms with Gasteiger partial charge in [-0.3, -0.25) is 0 Å². The van der Waals surface area contributed by atoms with Crippen LogP contribution >= 0.6 is 15.9 Å². The summed E-state index contributed by atoms with van der Waals surface area (Å²) in [5, 5.41) is 10.2. The summed E-state index contributed by atoms with van der Waals surface area (Å²) in [6, 6.07) is 8.78. The lowest BCUT2D eigenvalue weighted by atomic mass is 10.2. The Morgan fingerprint density at radius 1 is 0.955 bits per heavy atom. The number of anilines is 2. The molecule has 0 fully saturated rings. The number of halogens is 4. The number of aromatic nitrogens is 2. The summed E-state index contributed by atoms with van der Waals surface area (Å²) in [5.41, 5.74) is 0.641. The van der Waals surface area contributed by atoms with E-state index in [-0.39, 0.29) is 17.5 Å². The molecule has 3 aromatic rings. The molecular formula is C14H7BrF3N3O. The van der Waals surface area contributed by atoms with Gasteiger partial charge in [0.25, 0.3) is 0 Å². The van der Waals surface area contributed by atoms with Crippen molar-refractivity contribution in [3.63, 3.8) is 0 Å². The minimum atomic E-state index is -1.54. The highest BCUT2D eigenvalue weighted by Crippen LogP contribution is 2.25. The maximum atomic E-state index is 13.2. The zero-order chi connectivity index (χ0) is 15.7. The number of nitrogens with one attached hydrogen (secondary N) is 1. The van der Waals surface area contributed by atoms with E-state index in [0.29, 0.717) is 5.69 Å². The third-order valence-corrected chi connectivity index (χ3v) is 3.28. The number of hydrogen-bond acceptors (Lipinski definition) is 4. The minimum absolute atomic E-state index is 0.0439. The summed E-state index contributed by atoms with van der Waals surface area (Å²) in [7, 11) is 0. The van der Waals surface area contributed by atoms with E-state index < -0.39 is 17.5 Å². The van der Waals surface area contributed by atoms with Crippen molar-refractivity contribution < 1.29 is 17.6 Å². The molecule has 0 atom stereocenters. The van der Waals surface area contributed by atoms with Crippen LogP contribution in [0.5, 0.6) is 0 Å². The Labute approximate surface area is 131 Å². The van der Waals surface area contributed by atoms with Crippen molar-refractivity contribution in [2.45, 2.75) is 0 Å². The molecule has 2 aromatic carbocycles. The molecule has 3 rings (SSSR count). The van der Waals surface area contributed by atoms with Crippen molar-refractivity contribution in [2.24, 2.45) is 0 Å². The zero-order valence-corrected chi connectivity index (χ0v) is 12.4. The van der Waals surface area contributed by atoms with Crippen LogP contribution in [0.25, 0.3) is 11.5 Å². The molecule has 1 N–H and O–H groups in total. The van der Waals surface area contributed by atoms with Gasteiger partial charge in [0.05, 0.1) is 0 Å². The van der Waals surface area contributed by atoms with E-state index in [0.717, 1.165) is 16.6 Å². The molecule has 1 heterocycles. The van der Waals surface area contributed by atoms with E-state index in [9.17, 15) is 13.2 Å². The summed E-state index contributed by atoms with van der Waals surface area (Å²) in [6.45, 7) is 0. The average molecular weight is 370 g/mol. The van der Waals surface area contributed by atoms with Crippen LogP contribution in [0.4, 0.5) is 24.9 Å². The lowest BCUT2D eigenvalue weighted by Crippen LogP contribution is -1.91. The van der Waals surface area contributed by atoms with E-state index in [1.807, 2.05) is 12.1 Å². The van der Waals surface area contributed by atoms with Crippen molar-refractivity contribution >= 4 is 27.6 Å². The molecule has 0 radical (unpaired) electrons. The molecule has 0 unspecified atom stereocenters. The number of rotatable bonds is 3. The van der Waals surface area contributed by atoms with Crippen LogP contribution in [0.3, 0.4) is 0 Å². The average Bonchev–Trinajstić information content (AvgIpc) is 2.95. The second-order valence-electron chi connectivity index (χ2n) is 4.30. The lowest BCUT2D eigenvalue weighted by Gasteiger charge is -2.01. The van der Waals surface area contributed by atoms with E-state index in [1.54, 1.807) is 12.1 Å². The molecule has 4 nitrogen and oxygen atoms in total. The van der Waals surface area contributed by atoms with Gasteiger partial charge < -0.3 is 9.73 Å². The Morgan fingerprint density at radius 3 is 2.23 bits per heavy atom. The van der Waals surface area contributed by atoms with Crippen LogP contribution in [0.1, 0.15) is 0 Å². The molecule has 0 saturated heterocycles. The molecule has 0 aliphatic carbocycles. The van der Waals surface area contributed by atoms with Gasteiger partial charge in [0, 0.05) is 15.7 Å². The molecule has 0 saturated carbocycles. The predicted molar refractivity (Wildman–Crippen MR) is 77.0 cm³/mol. The first kappa shape index (κ1) is 14.6. The number of benzene rings is 2. The first-order valence-electron chi connectivity index (χ1n) is 6.04. The predicted octanol–water partition coefficient (Wildman–Crippen LogP) is 4.66. The van der Waals surface area contributed by atoms with Gasteiger partial charge in [-0.05, 0) is 36.4 Å². The third-order valence-electron chi connectivity index (χ3n) is 2.75. The Kier molecular flexibility index (Phi) is 3.84. The largest absolute Gasteiger partial charge is 0.403 e. The Hall–Kier alpha value is -2.35. The summed E-state index contributed by atoms with van der Waals surface area (Å²) in [4.78, 5) is 0. The smallest absolute Gasteiger partial charge is 0.320 e. The summed E-state index contributed by atoms with van der Waals surface area (Å²) in [6.07, 6.45) is 0. The third kappa shape index (κ3) is 2.96. The molecule has 22 heavy (non-hydrogen) atoms. The molecular weight excluding hydrogens is 363 g/mol. The normalized spacial score (nSPS) is 10.7. The first-order chi connectivity index (χ1) is 10.5. The van der Waals surface area contributed by atoms with Crippen molar-refractivity contribution in [2.75, 3.05) is 5.32 Å². The van der Waals surface area contributed by atoms with Crippen LogP contribution < -0.4 is 5.32 Å². The van der Waals surface area contributed by atoms with Crippen molar-refractivity contribution in [1.82, 2.24) is 10.2 Å². The summed E-state index contributed by atoms with van der Waals surface area (Å²) < 4.78 is 45.5. The molecule has 0 amide bonds. The highest BCUT2D eigenvalue weighted by atomic mass is 79.9. The second kappa shape index (κ2) is 5.80. The number of hydrogen-bond donors (Lipinski definition) is 1. The van der Waals surface area contributed by atoms with E-state index >= 15 is 0 Å². The van der Waals surface area contributed by atoms with Gasteiger partial charge in [0.15, 0.2) is 17.5 Å². The fraction of sp³-hybridized carbons (Fsp3) is 0. The van der Waals surface area contributed by atoms with Gasteiger partial charge in [-0.1, -0.05) is 21.0 Å². The first-order valence-corrected chi connectivity index (χ1v) is 6.83. The van der Waals surface area contributed by atoms with Crippen LogP contribution in [0.15, 0.2) is 45.3 Å². The SMILES string of the molecule is Fc1cc(-c2nnc(Nc3ccc(Br)cc3)o2)cc(F)c1F. The Bertz CT molecular complexity index is 797. The topological polar surface area (TPSA) is 51.0 Å². The fourth-order valence-corrected chi connectivity index (χ4v) is 1.99. The van der Waals surface area contributed by atoms with Gasteiger partial charge in [-0.2, -0.15) is 0 Å².